The van der Waals surface area contributed by atoms with Crippen LogP contribution in [0.5, 0.6) is 0 Å². The number of rotatable bonds is 2. The second-order valence-corrected chi connectivity index (χ2v) is 3.11. The first-order valence-electron chi connectivity index (χ1n) is 4.03. The van der Waals surface area contributed by atoms with Gasteiger partial charge < -0.3 is 9.84 Å². The van der Waals surface area contributed by atoms with Crippen LogP contribution >= 0.6 is 0 Å². The molecule has 2 nitrogen and oxygen atoms in total. The van der Waals surface area contributed by atoms with E-state index in [4.69, 9.17) is 9.84 Å². The van der Waals surface area contributed by atoms with Crippen molar-refractivity contribution in [3.63, 3.8) is 0 Å². The molecule has 0 unspecified atom stereocenters. The van der Waals surface area contributed by atoms with Crippen LogP contribution in [0, 0.1) is 11.8 Å². The lowest BCUT2D eigenvalue weighted by Gasteiger charge is -2.28. The normalized spacial score (nSPS) is 34.2. The van der Waals surface area contributed by atoms with Crippen LogP contribution in [-0.4, -0.2) is 24.9 Å². The molecule has 0 spiro atoms. The fourth-order valence-corrected chi connectivity index (χ4v) is 1.52. The Labute approximate surface area is 62.2 Å². The maximum Gasteiger partial charge on any atom is 0.0494 e. The lowest BCUT2D eigenvalue weighted by atomic mass is 9.88. The summed E-state index contributed by atoms with van der Waals surface area (Å²) < 4.78 is 5.28. The Hall–Kier alpha value is -0.0800. The van der Waals surface area contributed by atoms with Gasteiger partial charge in [-0.25, -0.2) is 0 Å². The minimum Gasteiger partial charge on any atom is -0.396 e. The molecule has 1 aliphatic heterocycles. The smallest absolute Gasteiger partial charge is 0.0494 e. The third kappa shape index (κ3) is 1.96. The summed E-state index contributed by atoms with van der Waals surface area (Å²) in [4.78, 5) is 0. The first-order valence-corrected chi connectivity index (χ1v) is 4.03. The highest BCUT2D eigenvalue weighted by atomic mass is 16.5. The van der Waals surface area contributed by atoms with Gasteiger partial charge in [0.2, 0.25) is 0 Å². The summed E-state index contributed by atoms with van der Waals surface area (Å²) in [6.07, 6.45) is 2.08. The summed E-state index contributed by atoms with van der Waals surface area (Å²) in [5.41, 5.74) is 0. The van der Waals surface area contributed by atoms with Crippen molar-refractivity contribution in [1.29, 1.82) is 0 Å². The summed E-state index contributed by atoms with van der Waals surface area (Å²) in [7, 11) is 0. The summed E-state index contributed by atoms with van der Waals surface area (Å²) in [6, 6.07) is 0. The highest BCUT2D eigenvalue weighted by Gasteiger charge is 2.20. The summed E-state index contributed by atoms with van der Waals surface area (Å²) in [5.74, 6) is 1.33. The van der Waals surface area contributed by atoms with Crippen molar-refractivity contribution in [2.75, 3.05) is 19.8 Å². The van der Waals surface area contributed by atoms with Gasteiger partial charge in [-0.1, -0.05) is 6.92 Å². The van der Waals surface area contributed by atoms with Crippen LogP contribution in [0.25, 0.3) is 0 Å². The van der Waals surface area contributed by atoms with Crippen molar-refractivity contribution in [2.45, 2.75) is 19.8 Å². The van der Waals surface area contributed by atoms with E-state index in [1.807, 2.05) is 0 Å². The van der Waals surface area contributed by atoms with Crippen LogP contribution in [0.3, 0.4) is 0 Å². The zero-order valence-electron chi connectivity index (χ0n) is 6.55. The van der Waals surface area contributed by atoms with Crippen LogP contribution in [0.1, 0.15) is 19.8 Å². The fraction of sp³-hybridized carbons (Fsp3) is 1.00. The largest absolute Gasteiger partial charge is 0.396 e. The molecule has 1 N–H and O–H groups in total. The van der Waals surface area contributed by atoms with Gasteiger partial charge in [0.15, 0.2) is 0 Å². The van der Waals surface area contributed by atoms with Gasteiger partial charge in [-0.3, -0.25) is 0 Å². The Balaban J connectivity index is 2.25. The van der Waals surface area contributed by atoms with Crippen LogP contribution in [0.15, 0.2) is 0 Å². The van der Waals surface area contributed by atoms with Gasteiger partial charge in [-0.15, -0.1) is 0 Å². The lowest BCUT2D eigenvalue weighted by molar-refractivity contribution is 0.0163. The molecule has 2 atom stereocenters. The zero-order valence-corrected chi connectivity index (χ0v) is 6.55. The molecule has 0 saturated carbocycles. The highest BCUT2D eigenvalue weighted by Crippen LogP contribution is 2.23. The number of ether oxygens (including phenoxy) is 1. The van der Waals surface area contributed by atoms with E-state index in [0.717, 1.165) is 26.1 Å². The van der Waals surface area contributed by atoms with Gasteiger partial charge in [0.05, 0.1) is 0 Å². The van der Waals surface area contributed by atoms with Gasteiger partial charge in [0, 0.05) is 19.8 Å². The van der Waals surface area contributed by atoms with E-state index >= 15 is 0 Å². The number of aliphatic hydroxyl groups is 1. The minimum absolute atomic E-state index is 0.328. The predicted octanol–water partition coefficient (Wildman–Crippen LogP) is 1.04. The molecule has 0 aromatic rings. The van der Waals surface area contributed by atoms with Crippen LogP contribution in [0.4, 0.5) is 0 Å². The van der Waals surface area contributed by atoms with Crippen molar-refractivity contribution in [3.8, 4) is 0 Å². The molecular weight excluding hydrogens is 128 g/mol. The van der Waals surface area contributed by atoms with Gasteiger partial charge in [0.1, 0.15) is 0 Å². The van der Waals surface area contributed by atoms with Crippen LogP contribution in [0.2, 0.25) is 0 Å². The Morgan fingerprint density at radius 3 is 3.00 bits per heavy atom. The van der Waals surface area contributed by atoms with Gasteiger partial charge >= 0.3 is 0 Å². The first kappa shape index (κ1) is 8.02. The minimum atomic E-state index is 0.328. The predicted molar refractivity (Wildman–Crippen MR) is 39.8 cm³/mol. The van der Waals surface area contributed by atoms with Gasteiger partial charge in [-0.2, -0.15) is 0 Å². The van der Waals surface area contributed by atoms with E-state index in [1.54, 1.807) is 0 Å². The third-order valence-corrected chi connectivity index (χ3v) is 2.32. The average molecular weight is 144 g/mol. The molecule has 1 heterocycles. The second-order valence-electron chi connectivity index (χ2n) is 3.11. The fourth-order valence-electron chi connectivity index (χ4n) is 1.52. The van der Waals surface area contributed by atoms with E-state index in [-0.39, 0.29) is 0 Å². The topological polar surface area (TPSA) is 29.5 Å². The molecule has 0 bridgehead atoms. The molecule has 10 heavy (non-hydrogen) atoms. The third-order valence-electron chi connectivity index (χ3n) is 2.32. The number of aliphatic hydroxyl groups excluding tert-OH is 1. The van der Waals surface area contributed by atoms with Crippen molar-refractivity contribution in [1.82, 2.24) is 0 Å². The number of hydrogen-bond acceptors (Lipinski definition) is 2. The van der Waals surface area contributed by atoms with Gasteiger partial charge in [-0.05, 0) is 24.7 Å². The molecule has 0 aromatic heterocycles. The average Bonchev–Trinajstić information content (AvgIpc) is 1.94. The molecule has 1 aliphatic rings. The highest BCUT2D eigenvalue weighted by molar-refractivity contribution is 4.69. The Kier molecular flexibility index (Phi) is 3.16. The maximum atomic E-state index is 8.70. The maximum absolute atomic E-state index is 8.70. The molecule has 60 valence electrons. The van der Waals surface area contributed by atoms with E-state index in [2.05, 4.69) is 6.92 Å². The molecule has 0 amide bonds. The van der Waals surface area contributed by atoms with Crippen molar-refractivity contribution in [2.24, 2.45) is 11.8 Å². The van der Waals surface area contributed by atoms with Crippen LogP contribution < -0.4 is 0 Å². The Morgan fingerprint density at radius 2 is 2.40 bits per heavy atom. The molecule has 2 heteroatoms. The second kappa shape index (κ2) is 3.94. The van der Waals surface area contributed by atoms with Crippen LogP contribution in [-0.2, 0) is 4.74 Å². The van der Waals surface area contributed by atoms with E-state index in [0.29, 0.717) is 18.4 Å². The van der Waals surface area contributed by atoms with Crippen molar-refractivity contribution < 1.29 is 9.84 Å². The molecule has 0 aliphatic carbocycles. The van der Waals surface area contributed by atoms with E-state index in [1.165, 1.54) is 0 Å². The van der Waals surface area contributed by atoms with Crippen molar-refractivity contribution >= 4 is 0 Å². The van der Waals surface area contributed by atoms with Gasteiger partial charge in [0.25, 0.3) is 0 Å². The Morgan fingerprint density at radius 1 is 1.60 bits per heavy atom. The van der Waals surface area contributed by atoms with E-state index < -0.39 is 0 Å². The summed E-state index contributed by atoms with van der Waals surface area (Å²) >= 11 is 0. The molecule has 1 fully saturated rings. The zero-order chi connectivity index (χ0) is 7.40. The molecular formula is C8H16O2. The standard InChI is InChI=1S/C8H16O2/c1-7-6-10-5-3-8(7)2-4-9/h7-9H,2-6H2,1H3/t7-,8+/m0/s1. The lowest BCUT2D eigenvalue weighted by Crippen LogP contribution is -2.25. The van der Waals surface area contributed by atoms with E-state index in [9.17, 15) is 0 Å². The monoisotopic (exact) mass is 144 g/mol. The quantitative estimate of drug-likeness (QED) is 0.627. The molecule has 0 aromatic carbocycles. The molecule has 1 saturated heterocycles. The first-order chi connectivity index (χ1) is 4.84. The molecule has 1 rings (SSSR count). The summed E-state index contributed by atoms with van der Waals surface area (Å²) in [5, 5.41) is 8.70. The SMILES string of the molecule is C[C@H]1COCC[C@H]1CCO. The molecule has 0 radical (unpaired) electrons. The number of hydrogen-bond donors (Lipinski definition) is 1. The summed E-state index contributed by atoms with van der Waals surface area (Å²) in [6.45, 7) is 4.29. The Bertz CT molecular complexity index is 91.3. The van der Waals surface area contributed by atoms with Crippen molar-refractivity contribution in [3.05, 3.63) is 0 Å².